The summed E-state index contributed by atoms with van der Waals surface area (Å²) in [5.74, 6) is -0.240. The highest BCUT2D eigenvalue weighted by Gasteiger charge is 2.40. The number of ether oxygens (including phenoxy) is 1. The number of nitriles is 1. The highest BCUT2D eigenvalue weighted by atomic mass is 16.6. The van der Waals surface area contributed by atoms with Crippen molar-refractivity contribution < 1.29 is 19.4 Å². The number of nitrogens with zero attached hydrogens (tertiary/aromatic N) is 4. The molecular formula is C28H32N6O4. The molecule has 38 heavy (non-hydrogen) atoms. The number of hydrogen-bond acceptors (Lipinski definition) is 7. The van der Waals surface area contributed by atoms with Gasteiger partial charge in [-0.15, -0.1) is 0 Å². The molecule has 2 heterocycles. The van der Waals surface area contributed by atoms with Crippen LogP contribution in [0.15, 0.2) is 54.7 Å². The second-order valence-electron chi connectivity index (χ2n) is 10.4. The number of hydrogen-bond donors (Lipinski definition) is 3. The van der Waals surface area contributed by atoms with Gasteiger partial charge in [-0.25, -0.2) is 4.79 Å². The van der Waals surface area contributed by atoms with Gasteiger partial charge in [-0.05, 0) is 57.4 Å². The molecule has 2 amide bonds. The standard InChI is InChI=1S/C28H32N6O4/c1-27(2,3)38-26(37)33-15-12-28(11-14-29,13-16-33)34-18-22(24(30)36)25(32-34)31-20-8-6-7-19(17-20)21-9-4-5-10-23(21)35/h4-10,17-18,35H,11-13,15-16H2,1-3H3,(H2,30,36)(H,31,32). The Labute approximate surface area is 221 Å². The van der Waals surface area contributed by atoms with Gasteiger partial charge in [-0.1, -0.05) is 30.3 Å². The van der Waals surface area contributed by atoms with Gasteiger partial charge in [-0.3, -0.25) is 9.48 Å². The first kappa shape index (κ1) is 26.5. The number of carbonyl (C=O) groups excluding carboxylic acids is 2. The number of piperidine rings is 1. The summed E-state index contributed by atoms with van der Waals surface area (Å²) in [7, 11) is 0. The summed E-state index contributed by atoms with van der Waals surface area (Å²) in [5.41, 5.74) is 6.65. The topological polar surface area (TPSA) is 146 Å². The maximum Gasteiger partial charge on any atom is 0.410 e. The van der Waals surface area contributed by atoms with Gasteiger partial charge in [0.15, 0.2) is 5.82 Å². The minimum atomic E-state index is -0.713. The molecule has 0 aliphatic carbocycles. The van der Waals surface area contributed by atoms with Crippen molar-refractivity contribution >= 4 is 23.5 Å². The molecule has 0 unspecified atom stereocenters. The molecule has 0 atom stereocenters. The normalized spacial score (nSPS) is 14.9. The van der Waals surface area contributed by atoms with E-state index in [1.54, 1.807) is 27.9 Å². The largest absolute Gasteiger partial charge is 0.507 e. The fraction of sp³-hybridized carbons (Fsp3) is 0.357. The van der Waals surface area contributed by atoms with Crippen LogP contribution in [0.4, 0.5) is 16.3 Å². The van der Waals surface area contributed by atoms with Crippen molar-refractivity contribution in [3.8, 4) is 22.9 Å². The minimum Gasteiger partial charge on any atom is -0.507 e. The van der Waals surface area contributed by atoms with E-state index in [4.69, 9.17) is 10.5 Å². The third-order valence-electron chi connectivity index (χ3n) is 6.56. The van der Waals surface area contributed by atoms with E-state index in [9.17, 15) is 20.0 Å². The van der Waals surface area contributed by atoms with Gasteiger partial charge in [0.05, 0.1) is 18.0 Å². The maximum atomic E-state index is 12.6. The van der Waals surface area contributed by atoms with Gasteiger partial charge < -0.3 is 25.8 Å². The van der Waals surface area contributed by atoms with E-state index in [0.717, 1.165) is 5.56 Å². The van der Waals surface area contributed by atoms with E-state index in [0.29, 0.717) is 37.2 Å². The Morgan fingerprint density at radius 1 is 1.18 bits per heavy atom. The number of rotatable bonds is 6. The van der Waals surface area contributed by atoms with Crippen molar-refractivity contribution in [3.05, 3.63) is 60.3 Å². The molecule has 1 saturated heterocycles. The molecule has 1 aromatic heterocycles. The summed E-state index contributed by atoms with van der Waals surface area (Å²) < 4.78 is 7.13. The third kappa shape index (κ3) is 5.72. The molecule has 0 spiro atoms. The molecule has 10 nitrogen and oxygen atoms in total. The molecule has 2 aromatic carbocycles. The second-order valence-corrected chi connectivity index (χ2v) is 10.4. The van der Waals surface area contributed by atoms with E-state index >= 15 is 0 Å². The van der Waals surface area contributed by atoms with Crippen molar-refractivity contribution in [3.63, 3.8) is 0 Å². The van der Waals surface area contributed by atoms with Crippen LogP contribution >= 0.6 is 0 Å². The van der Waals surface area contributed by atoms with Crippen LogP contribution in [0.1, 0.15) is 50.4 Å². The van der Waals surface area contributed by atoms with E-state index in [1.165, 1.54) is 0 Å². The van der Waals surface area contributed by atoms with Gasteiger partial charge in [0.1, 0.15) is 16.9 Å². The SMILES string of the molecule is CC(C)(C)OC(=O)N1CCC(CC#N)(n2cc(C(N)=O)c(Nc3cccc(-c4ccccc4O)c3)n2)CC1. The lowest BCUT2D eigenvalue weighted by molar-refractivity contribution is 0.0105. The summed E-state index contributed by atoms with van der Waals surface area (Å²) in [6.45, 7) is 6.21. The van der Waals surface area contributed by atoms with Gasteiger partial charge in [-0.2, -0.15) is 10.4 Å². The molecule has 3 aromatic rings. The van der Waals surface area contributed by atoms with Crippen LogP contribution in [-0.2, 0) is 10.3 Å². The van der Waals surface area contributed by atoms with E-state index < -0.39 is 23.1 Å². The molecule has 0 saturated carbocycles. The number of phenols is 1. The quantitative estimate of drug-likeness (QED) is 0.429. The van der Waals surface area contributed by atoms with Crippen LogP contribution < -0.4 is 11.1 Å². The van der Waals surface area contributed by atoms with E-state index in [-0.39, 0.29) is 23.6 Å². The molecule has 198 valence electrons. The fourth-order valence-corrected chi connectivity index (χ4v) is 4.57. The molecule has 0 bridgehead atoms. The van der Waals surface area contributed by atoms with Crippen LogP contribution in [-0.4, -0.2) is 50.5 Å². The van der Waals surface area contributed by atoms with Gasteiger partial charge in [0.25, 0.3) is 5.91 Å². The molecule has 4 rings (SSSR count). The van der Waals surface area contributed by atoms with Crippen LogP contribution in [0, 0.1) is 11.3 Å². The Morgan fingerprint density at radius 2 is 1.89 bits per heavy atom. The van der Waals surface area contributed by atoms with Crippen LogP contribution in [0.3, 0.4) is 0 Å². The zero-order valence-corrected chi connectivity index (χ0v) is 21.8. The average Bonchev–Trinajstić information content (AvgIpc) is 3.29. The molecular weight excluding hydrogens is 484 g/mol. The van der Waals surface area contributed by atoms with Crippen molar-refractivity contribution in [2.75, 3.05) is 18.4 Å². The number of primary amides is 1. The number of carbonyl (C=O) groups is 2. The highest BCUT2D eigenvalue weighted by Crippen LogP contribution is 2.36. The lowest BCUT2D eigenvalue weighted by Crippen LogP contribution is -2.49. The second kappa shape index (κ2) is 10.5. The van der Waals surface area contributed by atoms with Crippen molar-refractivity contribution in [1.29, 1.82) is 5.26 Å². The predicted molar refractivity (Wildman–Crippen MR) is 143 cm³/mol. The zero-order valence-electron chi connectivity index (χ0n) is 21.8. The number of nitrogens with one attached hydrogen (secondary N) is 1. The summed E-state index contributed by atoms with van der Waals surface area (Å²) in [6, 6.07) is 16.6. The predicted octanol–water partition coefficient (Wildman–Crippen LogP) is 4.74. The summed E-state index contributed by atoms with van der Waals surface area (Å²) in [4.78, 5) is 26.5. The number of para-hydroxylation sites is 1. The molecule has 4 N–H and O–H groups in total. The van der Waals surface area contributed by atoms with E-state index in [2.05, 4.69) is 16.5 Å². The van der Waals surface area contributed by atoms with Crippen molar-refractivity contribution in [2.45, 2.75) is 51.2 Å². The Hall–Kier alpha value is -4.52. The molecule has 10 heteroatoms. The smallest absolute Gasteiger partial charge is 0.410 e. The number of phenolic OH excluding ortho intramolecular Hbond substituents is 1. The van der Waals surface area contributed by atoms with Crippen molar-refractivity contribution in [1.82, 2.24) is 14.7 Å². The van der Waals surface area contributed by atoms with Crippen LogP contribution in [0.5, 0.6) is 5.75 Å². The number of aromatic nitrogens is 2. The van der Waals surface area contributed by atoms with Gasteiger partial charge >= 0.3 is 6.09 Å². The number of amides is 2. The van der Waals surface area contributed by atoms with Crippen molar-refractivity contribution in [2.24, 2.45) is 5.73 Å². The Morgan fingerprint density at radius 3 is 2.53 bits per heavy atom. The Kier molecular flexibility index (Phi) is 7.30. The Bertz CT molecular complexity index is 1380. The number of nitrogens with two attached hydrogens (primary N) is 1. The zero-order chi connectivity index (χ0) is 27.5. The van der Waals surface area contributed by atoms with Crippen LogP contribution in [0.25, 0.3) is 11.1 Å². The Balaban J connectivity index is 1.60. The van der Waals surface area contributed by atoms with E-state index in [1.807, 2.05) is 57.2 Å². The average molecular weight is 517 g/mol. The van der Waals surface area contributed by atoms with Gasteiger partial charge in [0.2, 0.25) is 0 Å². The lowest BCUT2D eigenvalue weighted by Gasteiger charge is -2.40. The first-order chi connectivity index (χ1) is 18.0. The highest BCUT2D eigenvalue weighted by molar-refractivity contribution is 5.98. The molecule has 1 aliphatic rings. The van der Waals surface area contributed by atoms with Gasteiger partial charge in [0, 0.05) is 30.5 Å². The third-order valence-corrected chi connectivity index (χ3v) is 6.56. The molecule has 1 aliphatic heterocycles. The summed E-state index contributed by atoms with van der Waals surface area (Å²) in [5, 5.41) is 27.7. The molecule has 1 fully saturated rings. The lowest BCUT2D eigenvalue weighted by atomic mass is 9.85. The summed E-state index contributed by atoms with van der Waals surface area (Å²) in [6.07, 6.45) is 2.24. The minimum absolute atomic E-state index is 0.150. The monoisotopic (exact) mass is 516 g/mol. The number of aromatic hydroxyl groups is 1. The first-order valence-corrected chi connectivity index (χ1v) is 12.4. The summed E-state index contributed by atoms with van der Waals surface area (Å²) >= 11 is 0. The first-order valence-electron chi connectivity index (χ1n) is 12.4. The fourth-order valence-electron chi connectivity index (χ4n) is 4.57. The van der Waals surface area contributed by atoms with Crippen LogP contribution in [0.2, 0.25) is 0 Å². The maximum absolute atomic E-state index is 12.6. The number of benzene rings is 2. The number of likely N-dealkylation sites (tertiary alicyclic amines) is 1. The number of anilines is 2. The molecule has 0 radical (unpaired) electrons.